The first-order valence-electron chi connectivity index (χ1n) is 6.52. The first-order chi connectivity index (χ1) is 9.13. The molecule has 1 aromatic carbocycles. The van der Waals surface area contributed by atoms with Gasteiger partial charge in [-0.25, -0.2) is 0 Å². The smallest absolute Gasteiger partial charge is 0.255 e. The lowest BCUT2D eigenvalue weighted by Gasteiger charge is -2.31. The van der Waals surface area contributed by atoms with E-state index in [1.807, 2.05) is 24.3 Å². The lowest BCUT2D eigenvalue weighted by atomic mass is 9.82. The second-order valence-electron chi connectivity index (χ2n) is 5.02. The maximum absolute atomic E-state index is 10.6. The molecule has 1 saturated carbocycles. The molecule has 1 aliphatic carbocycles. The number of hydrogen-bond donors (Lipinski definition) is 3. The molecule has 5 nitrogen and oxygen atoms in total. The van der Waals surface area contributed by atoms with E-state index in [9.17, 15) is 9.90 Å². The van der Waals surface area contributed by atoms with Crippen molar-refractivity contribution in [3.8, 4) is 5.75 Å². The average molecular weight is 264 g/mol. The highest BCUT2D eigenvalue weighted by atomic mass is 16.5. The van der Waals surface area contributed by atoms with Gasteiger partial charge in [0, 0.05) is 6.54 Å². The van der Waals surface area contributed by atoms with Gasteiger partial charge in [-0.05, 0) is 43.0 Å². The van der Waals surface area contributed by atoms with E-state index in [4.69, 9.17) is 10.5 Å². The van der Waals surface area contributed by atoms with E-state index < -0.39 is 5.91 Å². The SMILES string of the molecule is NC(=O)COc1ccc(CNCC2CC(O)C2)cc1. The van der Waals surface area contributed by atoms with Crippen molar-refractivity contribution in [3.63, 3.8) is 0 Å². The van der Waals surface area contributed by atoms with Crippen molar-refractivity contribution in [2.75, 3.05) is 13.2 Å². The van der Waals surface area contributed by atoms with Gasteiger partial charge in [-0.2, -0.15) is 0 Å². The fraction of sp³-hybridized carbons (Fsp3) is 0.500. The van der Waals surface area contributed by atoms with Crippen molar-refractivity contribution in [2.45, 2.75) is 25.5 Å². The standard InChI is InChI=1S/C14H20N2O3/c15-14(18)9-19-13-3-1-10(2-4-13)7-16-8-11-5-12(17)6-11/h1-4,11-12,16-17H,5-9H2,(H2,15,18). The van der Waals surface area contributed by atoms with Gasteiger partial charge in [-0.3, -0.25) is 4.79 Å². The number of aliphatic hydroxyl groups is 1. The average Bonchev–Trinajstić information content (AvgIpc) is 2.35. The summed E-state index contributed by atoms with van der Waals surface area (Å²) in [6, 6.07) is 7.57. The highest BCUT2D eigenvalue weighted by molar-refractivity contribution is 5.75. The Morgan fingerprint density at radius 1 is 1.37 bits per heavy atom. The van der Waals surface area contributed by atoms with Gasteiger partial charge in [-0.1, -0.05) is 12.1 Å². The Hall–Kier alpha value is -1.59. The molecule has 0 spiro atoms. The molecular weight excluding hydrogens is 244 g/mol. The summed E-state index contributed by atoms with van der Waals surface area (Å²) in [5.74, 6) is 0.770. The van der Waals surface area contributed by atoms with Crippen LogP contribution in [0.5, 0.6) is 5.75 Å². The normalized spacial score (nSPS) is 21.7. The summed E-state index contributed by atoms with van der Waals surface area (Å²) in [6.45, 7) is 1.64. The van der Waals surface area contributed by atoms with Crippen LogP contribution in [0.4, 0.5) is 0 Å². The summed E-state index contributed by atoms with van der Waals surface area (Å²) in [6.07, 6.45) is 1.73. The number of hydrogen-bond acceptors (Lipinski definition) is 4. The minimum atomic E-state index is -0.478. The van der Waals surface area contributed by atoms with E-state index in [1.165, 1.54) is 0 Å². The Morgan fingerprint density at radius 2 is 2.05 bits per heavy atom. The van der Waals surface area contributed by atoms with Crippen LogP contribution in [0.1, 0.15) is 18.4 Å². The molecule has 104 valence electrons. The van der Waals surface area contributed by atoms with Crippen molar-refractivity contribution >= 4 is 5.91 Å². The summed E-state index contributed by atoms with van der Waals surface area (Å²) in [7, 11) is 0. The highest BCUT2D eigenvalue weighted by Crippen LogP contribution is 2.26. The first kappa shape index (κ1) is 13.8. The van der Waals surface area contributed by atoms with Crippen molar-refractivity contribution < 1.29 is 14.6 Å². The molecule has 0 aromatic heterocycles. The van der Waals surface area contributed by atoms with Gasteiger partial charge in [0.15, 0.2) is 6.61 Å². The summed E-state index contributed by atoms with van der Waals surface area (Å²) < 4.78 is 5.18. The lowest BCUT2D eigenvalue weighted by Crippen LogP contribution is -2.35. The summed E-state index contributed by atoms with van der Waals surface area (Å²) >= 11 is 0. The third kappa shape index (κ3) is 4.54. The van der Waals surface area contributed by atoms with Crippen molar-refractivity contribution in [3.05, 3.63) is 29.8 Å². The zero-order chi connectivity index (χ0) is 13.7. The van der Waals surface area contributed by atoms with Crippen LogP contribution < -0.4 is 15.8 Å². The third-order valence-electron chi connectivity index (χ3n) is 3.28. The number of aliphatic hydroxyl groups excluding tert-OH is 1. The molecule has 4 N–H and O–H groups in total. The Kier molecular flexibility index (Phi) is 4.76. The molecular formula is C14H20N2O3. The Bertz CT molecular complexity index is 413. The van der Waals surface area contributed by atoms with Crippen LogP contribution >= 0.6 is 0 Å². The molecule has 1 amide bonds. The van der Waals surface area contributed by atoms with Crippen molar-refractivity contribution in [2.24, 2.45) is 11.7 Å². The van der Waals surface area contributed by atoms with Gasteiger partial charge in [-0.15, -0.1) is 0 Å². The van der Waals surface area contributed by atoms with Crippen LogP contribution in [0.15, 0.2) is 24.3 Å². The van der Waals surface area contributed by atoms with E-state index in [0.29, 0.717) is 11.7 Å². The number of nitrogens with two attached hydrogens (primary N) is 1. The molecule has 1 fully saturated rings. The highest BCUT2D eigenvalue weighted by Gasteiger charge is 2.26. The lowest BCUT2D eigenvalue weighted by molar-refractivity contribution is -0.119. The summed E-state index contributed by atoms with van der Waals surface area (Å²) in [4.78, 5) is 10.6. The van der Waals surface area contributed by atoms with Crippen LogP contribution in [-0.4, -0.2) is 30.3 Å². The molecule has 0 aliphatic heterocycles. The second kappa shape index (κ2) is 6.54. The van der Waals surface area contributed by atoms with Gasteiger partial charge < -0.3 is 20.9 Å². The van der Waals surface area contributed by atoms with Crippen LogP contribution in [0.25, 0.3) is 0 Å². The molecule has 5 heteroatoms. The number of nitrogens with one attached hydrogen (secondary N) is 1. The summed E-state index contributed by atoms with van der Waals surface area (Å²) in [5.41, 5.74) is 6.16. The Labute approximate surface area is 112 Å². The maximum Gasteiger partial charge on any atom is 0.255 e. The van der Waals surface area contributed by atoms with Crippen LogP contribution in [0.2, 0.25) is 0 Å². The predicted octanol–water partition coefficient (Wildman–Crippen LogP) is 0.411. The Balaban J connectivity index is 1.68. The quantitative estimate of drug-likeness (QED) is 0.666. The minimum Gasteiger partial charge on any atom is -0.484 e. The van der Waals surface area contributed by atoms with E-state index in [0.717, 1.165) is 31.5 Å². The van der Waals surface area contributed by atoms with Crippen molar-refractivity contribution in [1.29, 1.82) is 0 Å². The molecule has 19 heavy (non-hydrogen) atoms. The maximum atomic E-state index is 10.6. The fourth-order valence-corrected chi connectivity index (χ4v) is 2.15. The third-order valence-corrected chi connectivity index (χ3v) is 3.28. The van der Waals surface area contributed by atoms with Gasteiger partial charge in [0.05, 0.1) is 6.10 Å². The molecule has 1 aliphatic rings. The zero-order valence-electron chi connectivity index (χ0n) is 10.8. The largest absolute Gasteiger partial charge is 0.484 e. The van der Waals surface area contributed by atoms with Crippen molar-refractivity contribution in [1.82, 2.24) is 5.32 Å². The molecule has 0 radical (unpaired) electrons. The molecule has 0 saturated heterocycles. The molecule has 0 atom stereocenters. The van der Waals surface area contributed by atoms with E-state index in [2.05, 4.69) is 5.32 Å². The minimum absolute atomic E-state index is 0.0894. The van der Waals surface area contributed by atoms with Crippen LogP contribution in [-0.2, 0) is 11.3 Å². The number of primary amides is 1. The predicted molar refractivity (Wildman–Crippen MR) is 71.6 cm³/mol. The number of rotatable bonds is 7. The van der Waals surface area contributed by atoms with Gasteiger partial charge in [0.2, 0.25) is 0 Å². The van der Waals surface area contributed by atoms with E-state index >= 15 is 0 Å². The van der Waals surface area contributed by atoms with Gasteiger partial charge in [0.25, 0.3) is 5.91 Å². The number of carbonyl (C=O) groups excluding carboxylic acids is 1. The van der Waals surface area contributed by atoms with E-state index in [-0.39, 0.29) is 12.7 Å². The number of amides is 1. The van der Waals surface area contributed by atoms with Gasteiger partial charge >= 0.3 is 0 Å². The molecule has 0 heterocycles. The topological polar surface area (TPSA) is 84.6 Å². The number of ether oxygens (including phenoxy) is 1. The molecule has 0 unspecified atom stereocenters. The fourth-order valence-electron chi connectivity index (χ4n) is 2.15. The van der Waals surface area contributed by atoms with E-state index in [1.54, 1.807) is 0 Å². The zero-order valence-corrected chi connectivity index (χ0v) is 10.8. The first-order valence-corrected chi connectivity index (χ1v) is 6.52. The Morgan fingerprint density at radius 3 is 2.63 bits per heavy atom. The molecule has 0 bridgehead atoms. The van der Waals surface area contributed by atoms with Crippen LogP contribution in [0.3, 0.4) is 0 Å². The number of benzene rings is 1. The molecule has 1 aromatic rings. The van der Waals surface area contributed by atoms with Crippen LogP contribution in [0, 0.1) is 5.92 Å². The van der Waals surface area contributed by atoms with Gasteiger partial charge in [0.1, 0.15) is 5.75 Å². The second-order valence-corrected chi connectivity index (χ2v) is 5.02. The summed E-state index contributed by atoms with van der Waals surface area (Å²) in [5, 5.41) is 12.5. The number of carbonyl (C=O) groups is 1. The molecule has 2 rings (SSSR count). The monoisotopic (exact) mass is 264 g/mol.